The van der Waals surface area contributed by atoms with Crippen LogP contribution in [0.3, 0.4) is 0 Å². The highest BCUT2D eigenvalue weighted by atomic mass is 32.2. The normalized spacial score (nSPS) is 11.2. The van der Waals surface area contributed by atoms with Crippen molar-refractivity contribution in [3.63, 3.8) is 0 Å². The van der Waals surface area contributed by atoms with E-state index in [4.69, 9.17) is 5.11 Å². The first kappa shape index (κ1) is 17.0. The molecule has 0 aliphatic rings. The molecular weight excluding hydrogens is 321 g/mol. The molecule has 2 aromatic rings. The number of carbonyl (C=O) groups is 1. The van der Waals surface area contributed by atoms with Crippen LogP contribution in [-0.4, -0.2) is 26.0 Å². The Morgan fingerprint density at radius 2 is 1.65 bits per heavy atom. The highest BCUT2D eigenvalue weighted by molar-refractivity contribution is 7.92. The van der Waals surface area contributed by atoms with Gasteiger partial charge in [-0.3, -0.25) is 9.10 Å². The number of aliphatic carboxylic acids is 1. The molecule has 0 spiro atoms. The standard InChI is InChI=1S/C16H16FNO4S/c17-13-8-10-14(11-9-13)18(12-4-7-16(19)20)23(21,22)15-5-2-1-3-6-15/h1-3,5-6,8-11H,4,7,12H2,(H,19,20). The van der Waals surface area contributed by atoms with E-state index in [0.717, 1.165) is 4.31 Å². The number of sulfonamides is 1. The van der Waals surface area contributed by atoms with Gasteiger partial charge in [0.05, 0.1) is 10.6 Å². The van der Waals surface area contributed by atoms with E-state index in [1.165, 1.54) is 36.4 Å². The van der Waals surface area contributed by atoms with Gasteiger partial charge in [0.15, 0.2) is 0 Å². The van der Waals surface area contributed by atoms with E-state index in [-0.39, 0.29) is 24.3 Å². The Morgan fingerprint density at radius 1 is 1.04 bits per heavy atom. The summed E-state index contributed by atoms with van der Waals surface area (Å²) in [5.74, 6) is -1.47. The van der Waals surface area contributed by atoms with Gasteiger partial charge < -0.3 is 5.11 Å². The van der Waals surface area contributed by atoms with Gasteiger partial charge in [-0.1, -0.05) is 18.2 Å². The topological polar surface area (TPSA) is 74.7 Å². The minimum absolute atomic E-state index is 0.00480. The summed E-state index contributed by atoms with van der Waals surface area (Å²) in [5, 5.41) is 8.74. The molecule has 5 nitrogen and oxygen atoms in total. The number of nitrogens with zero attached hydrogens (tertiary/aromatic N) is 1. The summed E-state index contributed by atoms with van der Waals surface area (Å²) in [6.07, 6.45) is 0.000772. The average Bonchev–Trinajstić information content (AvgIpc) is 2.53. The van der Waals surface area contributed by atoms with Gasteiger partial charge in [0.25, 0.3) is 10.0 Å². The van der Waals surface area contributed by atoms with Crippen LogP contribution in [0.25, 0.3) is 0 Å². The van der Waals surface area contributed by atoms with Crippen LogP contribution in [0.4, 0.5) is 10.1 Å². The van der Waals surface area contributed by atoms with Gasteiger partial charge in [0.2, 0.25) is 0 Å². The molecule has 7 heteroatoms. The Kier molecular flexibility index (Phi) is 5.33. The van der Waals surface area contributed by atoms with Gasteiger partial charge in [-0.2, -0.15) is 0 Å². The van der Waals surface area contributed by atoms with Crippen molar-refractivity contribution in [2.24, 2.45) is 0 Å². The van der Waals surface area contributed by atoms with Crippen LogP contribution in [-0.2, 0) is 14.8 Å². The smallest absolute Gasteiger partial charge is 0.303 e. The molecular formula is C16H16FNO4S. The second-order valence-electron chi connectivity index (χ2n) is 4.86. The van der Waals surface area contributed by atoms with Crippen LogP contribution in [0.1, 0.15) is 12.8 Å². The molecule has 0 aliphatic heterocycles. The van der Waals surface area contributed by atoms with Crippen LogP contribution < -0.4 is 4.31 Å². The third kappa shape index (κ3) is 4.29. The third-order valence-electron chi connectivity index (χ3n) is 3.20. The zero-order valence-electron chi connectivity index (χ0n) is 12.2. The van der Waals surface area contributed by atoms with Crippen LogP contribution in [0.5, 0.6) is 0 Å². The van der Waals surface area contributed by atoms with Gasteiger partial charge in [-0.25, -0.2) is 12.8 Å². The van der Waals surface area contributed by atoms with E-state index in [9.17, 15) is 17.6 Å². The van der Waals surface area contributed by atoms with Crippen molar-refractivity contribution in [1.82, 2.24) is 0 Å². The Morgan fingerprint density at radius 3 is 2.22 bits per heavy atom. The van der Waals surface area contributed by atoms with Crippen molar-refractivity contribution in [2.75, 3.05) is 10.8 Å². The number of anilines is 1. The summed E-state index contributed by atoms with van der Waals surface area (Å²) in [5.41, 5.74) is 0.292. The van der Waals surface area contributed by atoms with Crippen LogP contribution in [0.2, 0.25) is 0 Å². The van der Waals surface area contributed by atoms with Gasteiger partial charge in [0, 0.05) is 13.0 Å². The second kappa shape index (κ2) is 7.23. The van der Waals surface area contributed by atoms with Crippen molar-refractivity contribution >= 4 is 21.7 Å². The maximum Gasteiger partial charge on any atom is 0.303 e. The number of hydrogen-bond acceptors (Lipinski definition) is 3. The molecule has 0 bridgehead atoms. The van der Waals surface area contributed by atoms with Crippen LogP contribution in [0, 0.1) is 5.82 Å². The first-order chi connectivity index (χ1) is 10.9. The molecule has 0 unspecified atom stereocenters. The fraction of sp³-hybridized carbons (Fsp3) is 0.188. The summed E-state index contributed by atoms with van der Waals surface area (Å²) in [6, 6.07) is 12.9. The van der Waals surface area contributed by atoms with E-state index in [2.05, 4.69) is 0 Å². The first-order valence-corrected chi connectivity index (χ1v) is 8.40. The molecule has 0 saturated carbocycles. The Balaban J connectivity index is 2.36. The maximum atomic E-state index is 13.1. The molecule has 0 fully saturated rings. The fourth-order valence-electron chi connectivity index (χ4n) is 2.09. The van der Waals surface area contributed by atoms with E-state index in [0.29, 0.717) is 5.69 Å². The quantitative estimate of drug-likeness (QED) is 0.843. The molecule has 0 atom stereocenters. The first-order valence-electron chi connectivity index (χ1n) is 6.96. The summed E-state index contributed by atoms with van der Waals surface area (Å²) in [7, 11) is -3.85. The van der Waals surface area contributed by atoms with Crippen molar-refractivity contribution in [2.45, 2.75) is 17.7 Å². The number of halogens is 1. The zero-order chi connectivity index (χ0) is 16.9. The molecule has 0 saturated heterocycles. The van der Waals surface area contributed by atoms with Gasteiger partial charge in [0.1, 0.15) is 5.82 Å². The zero-order valence-corrected chi connectivity index (χ0v) is 13.0. The molecule has 0 radical (unpaired) electrons. The van der Waals surface area contributed by atoms with Crippen molar-refractivity contribution in [3.8, 4) is 0 Å². The lowest BCUT2D eigenvalue weighted by Gasteiger charge is -2.24. The Hall–Kier alpha value is -2.41. The van der Waals surface area contributed by atoms with Crippen molar-refractivity contribution in [1.29, 1.82) is 0 Å². The molecule has 0 aliphatic carbocycles. The van der Waals surface area contributed by atoms with E-state index >= 15 is 0 Å². The third-order valence-corrected chi connectivity index (χ3v) is 5.04. The highest BCUT2D eigenvalue weighted by Gasteiger charge is 2.24. The summed E-state index contributed by atoms with van der Waals surface area (Å²) in [4.78, 5) is 10.8. The summed E-state index contributed by atoms with van der Waals surface area (Å²) >= 11 is 0. The Bertz CT molecular complexity index is 760. The second-order valence-corrected chi connectivity index (χ2v) is 6.73. The number of benzene rings is 2. The minimum atomic E-state index is -3.85. The predicted molar refractivity (Wildman–Crippen MR) is 84.2 cm³/mol. The van der Waals surface area contributed by atoms with Crippen LogP contribution in [0.15, 0.2) is 59.5 Å². The number of rotatable bonds is 7. The monoisotopic (exact) mass is 337 g/mol. The number of carboxylic acids is 1. The lowest BCUT2D eigenvalue weighted by molar-refractivity contribution is -0.137. The highest BCUT2D eigenvalue weighted by Crippen LogP contribution is 2.24. The van der Waals surface area contributed by atoms with Crippen LogP contribution >= 0.6 is 0 Å². The largest absolute Gasteiger partial charge is 0.481 e. The molecule has 23 heavy (non-hydrogen) atoms. The number of carboxylic acid groups (broad SMARTS) is 1. The molecule has 2 aromatic carbocycles. The SMILES string of the molecule is O=C(O)CCCN(c1ccc(F)cc1)S(=O)(=O)c1ccccc1. The Labute approximate surface area is 134 Å². The summed E-state index contributed by atoms with van der Waals surface area (Å²) in [6.45, 7) is -0.00480. The minimum Gasteiger partial charge on any atom is -0.481 e. The lowest BCUT2D eigenvalue weighted by Crippen LogP contribution is -2.32. The molecule has 0 amide bonds. The average molecular weight is 337 g/mol. The molecule has 122 valence electrons. The van der Waals surface area contributed by atoms with E-state index in [1.54, 1.807) is 18.2 Å². The fourth-order valence-corrected chi connectivity index (χ4v) is 3.61. The molecule has 0 heterocycles. The van der Waals surface area contributed by atoms with Gasteiger partial charge in [-0.05, 0) is 42.8 Å². The summed E-state index contributed by atoms with van der Waals surface area (Å²) < 4.78 is 39.7. The maximum absolute atomic E-state index is 13.1. The van der Waals surface area contributed by atoms with Gasteiger partial charge in [-0.15, -0.1) is 0 Å². The molecule has 0 aromatic heterocycles. The van der Waals surface area contributed by atoms with Gasteiger partial charge >= 0.3 is 5.97 Å². The molecule has 1 N–H and O–H groups in total. The van der Waals surface area contributed by atoms with Crippen molar-refractivity contribution < 1.29 is 22.7 Å². The molecule has 2 rings (SSSR count). The van der Waals surface area contributed by atoms with Crippen molar-refractivity contribution in [3.05, 3.63) is 60.4 Å². The van der Waals surface area contributed by atoms with E-state index < -0.39 is 21.8 Å². The van der Waals surface area contributed by atoms with E-state index in [1.807, 2.05) is 0 Å². The number of hydrogen-bond donors (Lipinski definition) is 1. The lowest BCUT2D eigenvalue weighted by atomic mass is 10.3. The predicted octanol–water partition coefficient (Wildman–Crippen LogP) is 2.89.